The van der Waals surface area contributed by atoms with Crippen molar-refractivity contribution in [3.63, 3.8) is 0 Å². The fourth-order valence-electron chi connectivity index (χ4n) is 1.47. The van der Waals surface area contributed by atoms with Crippen molar-refractivity contribution in [2.24, 2.45) is 0 Å². The summed E-state index contributed by atoms with van der Waals surface area (Å²) >= 11 is 11.6. The van der Waals surface area contributed by atoms with Gasteiger partial charge in [-0.25, -0.2) is 4.39 Å². The molecule has 98 valence electrons. The molecule has 0 bridgehead atoms. The van der Waals surface area contributed by atoms with E-state index in [9.17, 15) is 9.18 Å². The second kappa shape index (κ2) is 5.47. The third kappa shape index (κ3) is 3.16. The minimum atomic E-state index is -0.738. The predicted octanol–water partition coefficient (Wildman–Crippen LogP) is 4.09. The topological polar surface area (TPSA) is 49.3 Å². The van der Waals surface area contributed by atoms with Gasteiger partial charge < -0.3 is 10.4 Å². The highest BCUT2D eigenvalue weighted by Crippen LogP contribution is 2.24. The molecule has 0 heterocycles. The second-order valence-corrected chi connectivity index (χ2v) is 4.59. The van der Waals surface area contributed by atoms with Gasteiger partial charge in [0.05, 0.1) is 16.3 Å². The maximum absolute atomic E-state index is 13.5. The van der Waals surface area contributed by atoms with E-state index in [0.717, 1.165) is 6.07 Å². The molecule has 0 aliphatic heterocycles. The number of hydrogen-bond acceptors (Lipinski definition) is 2. The fourth-order valence-corrected chi connectivity index (χ4v) is 1.96. The Labute approximate surface area is 118 Å². The van der Waals surface area contributed by atoms with Crippen molar-refractivity contribution >= 4 is 34.8 Å². The molecular weight excluding hydrogens is 292 g/mol. The van der Waals surface area contributed by atoms with Gasteiger partial charge in [0.25, 0.3) is 5.91 Å². The molecule has 0 fully saturated rings. The van der Waals surface area contributed by atoms with Gasteiger partial charge in [-0.2, -0.15) is 0 Å². The maximum atomic E-state index is 13.5. The monoisotopic (exact) mass is 299 g/mol. The van der Waals surface area contributed by atoms with E-state index >= 15 is 0 Å². The number of phenols is 1. The van der Waals surface area contributed by atoms with Crippen LogP contribution in [0, 0.1) is 5.82 Å². The minimum Gasteiger partial charge on any atom is -0.508 e. The molecule has 2 aromatic rings. The van der Waals surface area contributed by atoms with E-state index in [1.807, 2.05) is 0 Å². The number of carbonyl (C=O) groups excluding carboxylic acids is 1. The molecule has 0 saturated heterocycles. The van der Waals surface area contributed by atoms with E-state index < -0.39 is 11.7 Å². The van der Waals surface area contributed by atoms with E-state index in [1.54, 1.807) is 0 Å². The summed E-state index contributed by atoms with van der Waals surface area (Å²) in [5.74, 6) is -1.52. The Bertz CT molecular complexity index is 647. The third-order valence-electron chi connectivity index (χ3n) is 2.38. The summed E-state index contributed by atoms with van der Waals surface area (Å²) in [4.78, 5) is 11.9. The molecule has 0 aromatic heterocycles. The molecule has 0 aliphatic rings. The highest BCUT2D eigenvalue weighted by Gasteiger charge is 2.13. The van der Waals surface area contributed by atoms with Gasteiger partial charge in [0.2, 0.25) is 0 Å². The lowest BCUT2D eigenvalue weighted by Crippen LogP contribution is -2.13. The average Bonchev–Trinajstić information content (AvgIpc) is 2.32. The van der Waals surface area contributed by atoms with Crippen LogP contribution in [0.1, 0.15) is 10.4 Å². The van der Waals surface area contributed by atoms with Crippen LogP contribution in [-0.4, -0.2) is 11.0 Å². The number of phenolic OH excluding ortho intramolecular Hbond substituents is 1. The molecule has 3 nitrogen and oxygen atoms in total. The Hall–Kier alpha value is -1.78. The first-order valence-electron chi connectivity index (χ1n) is 5.22. The summed E-state index contributed by atoms with van der Waals surface area (Å²) in [6, 6.07) is 7.80. The van der Waals surface area contributed by atoms with Crippen molar-refractivity contribution in [3.05, 3.63) is 57.8 Å². The summed E-state index contributed by atoms with van der Waals surface area (Å²) in [5.41, 5.74) is 0.132. The molecule has 1 amide bonds. The van der Waals surface area contributed by atoms with Crippen molar-refractivity contribution in [2.45, 2.75) is 0 Å². The quantitative estimate of drug-likeness (QED) is 0.821. The number of amides is 1. The van der Waals surface area contributed by atoms with E-state index in [1.165, 1.54) is 30.3 Å². The van der Waals surface area contributed by atoms with Crippen LogP contribution in [0.4, 0.5) is 10.1 Å². The Morgan fingerprint density at radius 2 is 1.89 bits per heavy atom. The molecule has 19 heavy (non-hydrogen) atoms. The molecule has 0 aliphatic carbocycles. The highest BCUT2D eigenvalue weighted by molar-refractivity contribution is 6.37. The molecule has 6 heteroatoms. The second-order valence-electron chi connectivity index (χ2n) is 3.74. The molecule has 0 radical (unpaired) electrons. The Morgan fingerprint density at radius 3 is 2.53 bits per heavy atom. The van der Waals surface area contributed by atoms with Crippen LogP contribution >= 0.6 is 23.2 Å². The van der Waals surface area contributed by atoms with Crippen molar-refractivity contribution in [1.29, 1.82) is 0 Å². The zero-order chi connectivity index (χ0) is 14.0. The number of benzene rings is 2. The molecule has 0 unspecified atom stereocenters. The first-order chi connectivity index (χ1) is 8.97. The minimum absolute atomic E-state index is 0.0474. The van der Waals surface area contributed by atoms with Crippen LogP contribution < -0.4 is 5.32 Å². The highest BCUT2D eigenvalue weighted by atomic mass is 35.5. The van der Waals surface area contributed by atoms with E-state index in [-0.39, 0.29) is 22.0 Å². The molecule has 2 rings (SSSR count). The van der Waals surface area contributed by atoms with Crippen molar-refractivity contribution in [3.8, 4) is 5.75 Å². The molecular formula is C13H8Cl2FNO2. The predicted molar refractivity (Wildman–Crippen MR) is 72.5 cm³/mol. The van der Waals surface area contributed by atoms with Gasteiger partial charge in [0.15, 0.2) is 0 Å². The van der Waals surface area contributed by atoms with Crippen molar-refractivity contribution in [1.82, 2.24) is 0 Å². The van der Waals surface area contributed by atoms with Crippen LogP contribution in [0.15, 0.2) is 36.4 Å². The van der Waals surface area contributed by atoms with Gasteiger partial charge in [0.1, 0.15) is 11.6 Å². The number of halogens is 3. The largest absolute Gasteiger partial charge is 0.508 e. The van der Waals surface area contributed by atoms with Crippen LogP contribution in [-0.2, 0) is 0 Å². The molecule has 2 N–H and O–H groups in total. The van der Waals surface area contributed by atoms with E-state index in [0.29, 0.717) is 5.02 Å². The molecule has 2 aromatic carbocycles. The van der Waals surface area contributed by atoms with Crippen LogP contribution in [0.3, 0.4) is 0 Å². The summed E-state index contributed by atoms with van der Waals surface area (Å²) < 4.78 is 13.5. The van der Waals surface area contributed by atoms with E-state index in [4.69, 9.17) is 28.3 Å². The van der Waals surface area contributed by atoms with Crippen LogP contribution in [0.2, 0.25) is 10.0 Å². The smallest absolute Gasteiger partial charge is 0.257 e. The normalized spacial score (nSPS) is 10.3. The zero-order valence-electron chi connectivity index (χ0n) is 9.45. The van der Waals surface area contributed by atoms with Crippen molar-refractivity contribution in [2.75, 3.05) is 5.32 Å². The third-order valence-corrected chi connectivity index (χ3v) is 2.92. The van der Waals surface area contributed by atoms with Gasteiger partial charge in [-0.15, -0.1) is 0 Å². The van der Waals surface area contributed by atoms with Gasteiger partial charge in [-0.3, -0.25) is 4.79 Å². The average molecular weight is 300 g/mol. The summed E-state index contributed by atoms with van der Waals surface area (Å²) in [7, 11) is 0. The molecule has 0 saturated carbocycles. The number of nitrogens with one attached hydrogen (secondary N) is 1. The van der Waals surface area contributed by atoms with Gasteiger partial charge in [-0.05, 0) is 30.3 Å². The summed E-state index contributed by atoms with van der Waals surface area (Å²) in [6.07, 6.45) is 0. The Morgan fingerprint density at radius 1 is 1.16 bits per heavy atom. The zero-order valence-corrected chi connectivity index (χ0v) is 11.0. The maximum Gasteiger partial charge on any atom is 0.257 e. The number of carbonyl (C=O) groups is 1. The lowest BCUT2D eigenvalue weighted by Gasteiger charge is -2.08. The van der Waals surface area contributed by atoms with Gasteiger partial charge >= 0.3 is 0 Å². The lowest BCUT2D eigenvalue weighted by molar-refractivity contribution is 0.102. The fraction of sp³-hybridized carbons (Fsp3) is 0. The number of hydrogen-bond donors (Lipinski definition) is 2. The number of aromatic hydroxyl groups is 1. The Balaban J connectivity index is 2.25. The first-order valence-corrected chi connectivity index (χ1v) is 5.98. The van der Waals surface area contributed by atoms with Gasteiger partial charge in [0, 0.05) is 11.1 Å². The van der Waals surface area contributed by atoms with Crippen LogP contribution in [0.5, 0.6) is 5.75 Å². The lowest BCUT2D eigenvalue weighted by atomic mass is 10.2. The SMILES string of the molecule is O=C(Nc1ccc(O)cc1F)c1ccc(Cl)cc1Cl. The summed E-state index contributed by atoms with van der Waals surface area (Å²) in [5, 5.41) is 12.0. The molecule has 0 spiro atoms. The van der Waals surface area contributed by atoms with Crippen molar-refractivity contribution < 1.29 is 14.3 Å². The Kier molecular flexibility index (Phi) is 3.93. The number of anilines is 1. The molecule has 0 atom stereocenters. The number of rotatable bonds is 2. The van der Waals surface area contributed by atoms with E-state index in [2.05, 4.69) is 5.32 Å². The standard InChI is InChI=1S/C13H8Cl2FNO2/c14-7-1-3-9(10(15)5-7)13(19)17-12-4-2-8(18)6-11(12)16/h1-6,18H,(H,17,19). The van der Waals surface area contributed by atoms with Crippen LogP contribution in [0.25, 0.3) is 0 Å². The first kappa shape index (κ1) is 13.6. The summed E-state index contributed by atoms with van der Waals surface area (Å²) in [6.45, 7) is 0. The van der Waals surface area contributed by atoms with Gasteiger partial charge in [-0.1, -0.05) is 23.2 Å².